The highest BCUT2D eigenvalue weighted by molar-refractivity contribution is 6.33. The second kappa shape index (κ2) is 7.17. The van der Waals surface area contributed by atoms with E-state index < -0.39 is 5.82 Å². The molecule has 0 atom stereocenters. The van der Waals surface area contributed by atoms with Gasteiger partial charge in [-0.25, -0.2) is 4.39 Å². The average Bonchev–Trinajstić information content (AvgIpc) is 2.69. The van der Waals surface area contributed by atoms with Gasteiger partial charge in [-0.1, -0.05) is 41.9 Å². The van der Waals surface area contributed by atoms with Crippen LogP contribution in [0.4, 0.5) is 4.39 Å². The Morgan fingerprint density at radius 2 is 1.70 bits per heavy atom. The van der Waals surface area contributed by atoms with Crippen LogP contribution in [0, 0.1) is 5.82 Å². The van der Waals surface area contributed by atoms with E-state index in [1.54, 1.807) is 48.8 Å². The molecule has 4 rings (SSSR count). The minimum absolute atomic E-state index is 0.284. The van der Waals surface area contributed by atoms with Gasteiger partial charge in [-0.3, -0.25) is 14.3 Å². The number of rotatable bonds is 3. The number of aromatic nitrogens is 2. The Morgan fingerprint density at radius 1 is 0.889 bits per heavy atom. The molecule has 0 N–H and O–H groups in total. The van der Waals surface area contributed by atoms with Crippen LogP contribution in [-0.2, 0) is 0 Å². The normalized spacial score (nSPS) is 10.7. The number of hydrogen-bond acceptors (Lipinski definition) is 2. The summed E-state index contributed by atoms with van der Waals surface area (Å²) in [4.78, 5) is 17.5. The van der Waals surface area contributed by atoms with E-state index in [4.69, 9.17) is 11.6 Å². The van der Waals surface area contributed by atoms with Gasteiger partial charge in [0.25, 0.3) is 5.56 Å². The second-order valence-corrected chi connectivity index (χ2v) is 6.40. The predicted octanol–water partition coefficient (Wildman–Crippen LogP) is 5.36. The molecule has 0 amide bonds. The summed E-state index contributed by atoms with van der Waals surface area (Å²) in [6.07, 6.45) is 3.35. The molecule has 132 valence electrons. The van der Waals surface area contributed by atoms with Gasteiger partial charge in [0.1, 0.15) is 5.82 Å². The molecule has 27 heavy (non-hydrogen) atoms. The summed E-state index contributed by atoms with van der Waals surface area (Å²) >= 11 is 6.33. The van der Waals surface area contributed by atoms with Gasteiger partial charge < -0.3 is 0 Å². The fraction of sp³-hybridized carbons (Fsp3) is 0. The molecule has 2 aromatic heterocycles. The van der Waals surface area contributed by atoms with Crippen molar-refractivity contribution >= 4 is 11.6 Å². The first-order chi connectivity index (χ1) is 13.1. The Bertz CT molecular complexity index is 1170. The number of benzene rings is 2. The molecule has 0 fully saturated rings. The van der Waals surface area contributed by atoms with E-state index in [0.29, 0.717) is 27.5 Å². The lowest BCUT2D eigenvalue weighted by Crippen LogP contribution is -2.20. The third-order valence-electron chi connectivity index (χ3n) is 4.23. The number of nitrogens with zero attached hydrogens (tertiary/aromatic N) is 2. The monoisotopic (exact) mass is 376 g/mol. The maximum atomic E-state index is 13.7. The van der Waals surface area contributed by atoms with E-state index in [0.717, 1.165) is 5.56 Å². The van der Waals surface area contributed by atoms with Gasteiger partial charge in [0, 0.05) is 34.1 Å². The van der Waals surface area contributed by atoms with E-state index in [9.17, 15) is 9.18 Å². The molecule has 0 radical (unpaired) electrons. The van der Waals surface area contributed by atoms with E-state index in [2.05, 4.69) is 4.98 Å². The Labute approximate surface area is 160 Å². The first-order valence-electron chi connectivity index (χ1n) is 8.32. The Balaban J connectivity index is 2.03. The molecular weight excluding hydrogens is 363 g/mol. The quantitative estimate of drug-likeness (QED) is 0.482. The lowest BCUT2D eigenvalue weighted by Gasteiger charge is -2.13. The summed E-state index contributed by atoms with van der Waals surface area (Å²) in [5.74, 6) is -0.415. The second-order valence-electron chi connectivity index (χ2n) is 5.99. The molecule has 0 saturated heterocycles. The fourth-order valence-electron chi connectivity index (χ4n) is 2.95. The van der Waals surface area contributed by atoms with Crippen LogP contribution in [-0.4, -0.2) is 9.55 Å². The van der Waals surface area contributed by atoms with Crippen LogP contribution in [0.3, 0.4) is 0 Å². The molecule has 4 aromatic rings. The molecule has 0 unspecified atom stereocenters. The molecule has 0 aliphatic rings. The van der Waals surface area contributed by atoms with Crippen LogP contribution in [0.5, 0.6) is 0 Å². The molecule has 3 nitrogen and oxygen atoms in total. The van der Waals surface area contributed by atoms with Crippen molar-refractivity contribution in [3.63, 3.8) is 0 Å². The zero-order valence-corrected chi connectivity index (χ0v) is 14.9. The minimum Gasteiger partial charge on any atom is -0.283 e. The van der Waals surface area contributed by atoms with Crippen molar-refractivity contribution in [3.05, 3.63) is 106 Å². The van der Waals surface area contributed by atoms with E-state index in [-0.39, 0.29) is 5.56 Å². The smallest absolute Gasteiger partial charge is 0.263 e. The number of halogens is 2. The van der Waals surface area contributed by atoms with E-state index in [1.165, 1.54) is 16.7 Å². The molecule has 2 heterocycles. The van der Waals surface area contributed by atoms with E-state index >= 15 is 0 Å². The summed E-state index contributed by atoms with van der Waals surface area (Å²) in [6, 6.07) is 20.4. The number of hydrogen-bond donors (Lipinski definition) is 0. The molecular formula is C22H14ClFN2O. The van der Waals surface area contributed by atoms with E-state index in [1.807, 2.05) is 24.3 Å². The Kier molecular flexibility index (Phi) is 4.57. The molecule has 0 aliphatic carbocycles. The highest BCUT2D eigenvalue weighted by Gasteiger charge is 2.14. The molecule has 2 aromatic carbocycles. The maximum Gasteiger partial charge on any atom is 0.263 e. The lowest BCUT2D eigenvalue weighted by molar-refractivity contribution is 0.626. The largest absolute Gasteiger partial charge is 0.283 e. The van der Waals surface area contributed by atoms with Crippen LogP contribution in [0.25, 0.3) is 28.1 Å². The average molecular weight is 377 g/mol. The van der Waals surface area contributed by atoms with Crippen molar-refractivity contribution < 1.29 is 4.39 Å². The van der Waals surface area contributed by atoms with Gasteiger partial charge in [0.15, 0.2) is 0 Å². The Hall–Kier alpha value is -3.24. The SMILES string of the molecule is O=c1c(-c2ccccc2Cl)cc(-c2ccccn2)cn1-c1cccc(F)c1. The maximum absolute atomic E-state index is 13.7. The van der Waals surface area contributed by atoms with Gasteiger partial charge in [0.2, 0.25) is 0 Å². The topological polar surface area (TPSA) is 34.9 Å². The molecule has 0 saturated carbocycles. The summed E-state index contributed by atoms with van der Waals surface area (Å²) < 4.78 is 15.2. The summed E-state index contributed by atoms with van der Waals surface area (Å²) in [7, 11) is 0. The molecule has 0 aliphatic heterocycles. The highest BCUT2D eigenvalue weighted by Crippen LogP contribution is 2.28. The third-order valence-corrected chi connectivity index (χ3v) is 4.56. The lowest BCUT2D eigenvalue weighted by atomic mass is 10.0. The van der Waals surface area contributed by atoms with Crippen molar-refractivity contribution in [2.45, 2.75) is 0 Å². The first kappa shape index (κ1) is 17.2. The molecule has 0 spiro atoms. The van der Waals surface area contributed by atoms with Gasteiger partial charge in [-0.2, -0.15) is 0 Å². The van der Waals surface area contributed by atoms with Crippen molar-refractivity contribution in [2.75, 3.05) is 0 Å². The van der Waals surface area contributed by atoms with Crippen molar-refractivity contribution in [3.8, 4) is 28.1 Å². The van der Waals surface area contributed by atoms with Gasteiger partial charge in [-0.15, -0.1) is 0 Å². The van der Waals surface area contributed by atoms with Crippen molar-refractivity contribution in [1.82, 2.24) is 9.55 Å². The highest BCUT2D eigenvalue weighted by atomic mass is 35.5. The van der Waals surface area contributed by atoms with Gasteiger partial charge in [0.05, 0.1) is 11.4 Å². The summed E-state index contributed by atoms with van der Waals surface area (Å²) in [5, 5.41) is 0.471. The van der Waals surface area contributed by atoms with Crippen LogP contribution in [0.1, 0.15) is 0 Å². The fourth-order valence-corrected chi connectivity index (χ4v) is 3.18. The van der Waals surface area contributed by atoms with Crippen LogP contribution >= 0.6 is 11.6 Å². The van der Waals surface area contributed by atoms with Crippen molar-refractivity contribution in [1.29, 1.82) is 0 Å². The van der Waals surface area contributed by atoms with Gasteiger partial charge >= 0.3 is 0 Å². The Morgan fingerprint density at radius 3 is 2.44 bits per heavy atom. The zero-order chi connectivity index (χ0) is 18.8. The standard InChI is InChI=1S/C22H14ClFN2O/c23-20-9-2-1-8-18(20)19-12-15(21-10-3-4-11-25-21)14-26(22(19)27)17-7-5-6-16(24)13-17/h1-14H. The van der Waals surface area contributed by atoms with Crippen LogP contribution in [0.15, 0.2) is 90.0 Å². The molecule has 0 bridgehead atoms. The zero-order valence-electron chi connectivity index (χ0n) is 14.1. The predicted molar refractivity (Wildman–Crippen MR) is 106 cm³/mol. The van der Waals surface area contributed by atoms with Gasteiger partial charge in [-0.05, 0) is 42.5 Å². The third kappa shape index (κ3) is 3.39. The van der Waals surface area contributed by atoms with Crippen molar-refractivity contribution in [2.24, 2.45) is 0 Å². The first-order valence-corrected chi connectivity index (χ1v) is 8.70. The summed E-state index contributed by atoms with van der Waals surface area (Å²) in [6.45, 7) is 0. The molecule has 5 heteroatoms. The summed E-state index contributed by atoms with van der Waals surface area (Å²) in [5.41, 5.74) is 2.63. The minimum atomic E-state index is -0.415. The van der Waals surface area contributed by atoms with Crippen LogP contribution in [0.2, 0.25) is 5.02 Å². The van der Waals surface area contributed by atoms with Crippen LogP contribution < -0.4 is 5.56 Å². The number of pyridine rings is 2.